The van der Waals surface area contributed by atoms with Gasteiger partial charge in [-0.25, -0.2) is 18.4 Å². The number of hydrogen-bond acceptors (Lipinski definition) is 2. The Morgan fingerprint density at radius 2 is 1.90 bits per heavy atom. The van der Waals surface area contributed by atoms with Gasteiger partial charge in [0.2, 0.25) is 0 Å². The molecule has 0 unspecified atom stereocenters. The minimum Gasteiger partial charge on any atom is -0.480 e. The molecule has 108 valence electrons. The van der Waals surface area contributed by atoms with Crippen LogP contribution in [0, 0.1) is 18.6 Å². The fourth-order valence-corrected chi connectivity index (χ4v) is 2.04. The molecule has 0 spiro atoms. The van der Waals surface area contributed by atoms with Gasteiger partial charge in [0, 0.05) is 6.07 Å². The number of anilines is 1. The number of aryl methyl sites for hydroxylation is 1. The van der Waals surface area contributed by atoms with E-state index in [1.165, 1.54) is 6.92 Å². The molecule has 1 aliphatic rings. The molecule has 1 aromatic rings. The summed E-state index contributed by atoms with van der Waals surface area (Å²) in [5, 5.41) is 13.5. The molecule has 0 aromatic heterocycles. The number of benzene rings is 1. The number of nitrogens with one attached hydrogen (secondary N) is 2. The smallest absolute Gasteiger partial charge is 0.329 e. The van der Waals surface area contributed by atoms with Crippen LogP contribution in [0.25, 0.3) is 0 Å². The summed E-state index contributed by atoms with van der Waals surface area (Å²) in [6.07, 6.45) is 1.33. The molecule has 0 radical (unpaired) electrons. The second-order valence-corrected chi connectivity index (χ2v) is 4.90. The molecule has 1 fully saturated rings. The van der Waals surface area contributed by atoms with E-state index < -0.39 is 29.2 Å². The van der Waals surface area contributed by atoms with Crippen molar-refractivity contribution in [3.8, 4) is 0 Å². The second-order valence-electron chi connectivity index (χ2n) is 4.90. The molecule has 0 aliphatic heterocycles. The van der Waals surface area contributed by atoms with Crippen molar-refractivity contribution in [3.63, 3.8) is 0 Å². The van der Waals surface area contributed by atoms with E-state index in [1.54, 1.807) is 0 Å². The molecule has 2 amide bonds. The number of carbonyl (C=O) groups excluding carboxylic acids is 1. The third kappa shape index (κ3) is 2.56. The first kappa shape index (κ1) is 14.2. The third-order valence-corrected chi connectivity index (χ3v) is 3.47. The monoisotopic (exact) mass is 284 g/mol. The molecule has 7 heteroatoms. The zero-order valence-electron chi connectivity index (χ0n) is 10.8. The maximum Gasteiger partial charge on any atom is 0.329 e. The normalized spacial score (nSPS) is 16.1. The van der Waals surface area contributed by atoms with Crippen LogP contribution in [0.5, 0.6) is 0 Å². The highest BCUT2D eigenvalue weighted by molar-refractivity contribution is 5.94. The van der Waals surface area contributed by atoms with Crippen molar-refractivity contribution in [2.75, 3.05) is 5.32 Å². The Bertz CT molecular complexity index is 571. The number of amides is 2. The molecule has 2 rings (SSSR count). The largest absolute Gasteiger partial charge is 0.480 e. The van der Waals surface area contributed by atoms with Crippen molar-refractivity contribution in [2.45, 2.75) is 31.7 Å². The average molecular weight is 284 g/mol. The van der Waals surface area contributed by atoms with Crippen molar-refractivity contribution in [1.29, 1.82) is 0 Å². The number of carboxylic acid groups (broad SMARTS) is 1. The molecule has 5 nitrogen and oxygen atoms in total. The zero-order chi connectivity index (χ0) is 14.9. The van der Waals surface area contributed by atoms with Gasteiger partial charge >= 0.3 is 12.0 Å². The third-order valence-electron chi connectivity index (χ3n) is 3.47. The van der Waals surface area contributed by atoms with Crippen LogP contribution >= 0.6 is 0 Å². The van der Waals surface area contributed by atoms with E-state index in [0.29, 0.717) is 19.3 Å². The number of urea groups is 1. The van der Waals surface area contributed by atoms with Gasteiger partial charge in [-0.1, -0.05) is 0 Å². The second kappa shape index (κ2) is 5.07. The van der Waals surface area contributed by atoms with Crippen molar-refractivity contribution in [1.82, 2.24) is 5.32 Å². The van der Waals surface area contributed by atoms with Crippen LogP contribution in [0.4, 0.5) is 19.3 Å². The lowest BCUT2D eigenvalue weighted by Gasteiger charge is -2.38. The molecule has 1 saturated carbocycles. The van der Waals surface area contributed by atoms with E-state index in [4.69, 9.17) is 5.11 Å². The van der Waals surface area contributed by atoms with Gasteiger partial charge in [0.1, 0.15) is 17.2 Å². The molecular weight excluding hydrogens is 270 g/mol. The summed E-state index contributed by atoms with van der Waals surface area (Å²) in [6, 6.07) is 0.953. The minimum atomic E-state index is -1.30. The van der Waals surface area contributed by atoms with Gasteiger partial charge in [0.25, 0.3) is 0 Å². The topological polar surface area (TPSA) is 78.4 Å². The predicted octanol–water partition coefficient (Wildman–Crippen LogP) is 2.40. The number of hydrogen-bond donors (Lipinski definition) is 3. The number of rotatable bonds is 3. The average Bonchev–Trinajstić information content (AvgIpc) is 2.30. The SMILES string of the molecule is Cc1cc(F)c(NC(=O)NC2(C(=O)O)CCC2)cc1F. The highest BCUT2D eigenvalue weighted by Crippen LogP contribution is 2.32. The molecular formula is C13H14F2N2O3. The van der Waals surface area contributed by atoms with Crippen molar-refractivity contribution in [2.24, 2.45) is 0 Å². The maximum atomic E-state index is 13.6. The molecule has 0 bridgehead atoms. The molecule has 20 heavy (non-hydrogen) atoms. The summed E-state index contributed by atoms with van der Waals surface area (Å²) in [6.45, 7) is 1.40. The summed E-state index contributed by atoms with van der Waals surface area (Å²) in [7, 11) is 0. The summed E-state index contributed by atoms with van der Waals surface area (Å²) < 4.78 is 26.9. The van der Waals surface area contributed by atoms with Crippen LogP contribution in [-0.2, 0) is 4.79 Å². The number of aliphatic carboxylic acids is 1. The van der Waals surface area contributed by atoms with Crippen molar-refractivity contribution >= 4 is 17.7 Å². The molecule has 3 N–H and O–H groups in total. The highest BCUT2D eigenvalue weighted by Gasteiger charge is 2.45. The van der Waals surface area contributed by atoms with Gasteiger partial charge in [-0.2, -0.15) is 0 Å². The summed E-state index contributed by atoms with van der Waals surface area (Å²) in [5.41, 5.74) is -1.51. The lowest BCUT2D eigenvalue weighted by Crippen LogP contribution is -2.60. The van der Waals surface area contributed by atoms with Gasteiger partial charge in [-0.15, -0.1) is 0 Å². The Hall–Kier alpha value is -2.18. The van der Waals surface area contributed by atoms with E-state index >= 15 is 0 Å². The van der Waals surface area contributed by atoms with E-state index in [1.807, 2.05) is 0 Å². The quantitative estimate of drug-likeness (QED) is 0.797. The zero-order valence-corrected chi connectivity index (χ0v) is 10.8. The van der Waals surface area contributed by atoms with Crippen LogP contribution in [0.1, 0.15) is 24.8 Å². The van der Waals surface area contributed by atoms with E-state index in [9.17, 15) is 18.4 Å². The number of halogens is 2. The van der Waals surface area contributed by atoms with E-state index in [0.717, 1.165) is 12.1 Å². The standard InChI is InChI=1S/C13H14F2N2O3/c1-7-5-9(15)10(6-8(7)14)16-12(20)17-13(11(18)19)3-2-4-13/h5-6H,2-4H2,1H3,(H,18,19)(H2,16,17,20). The fourth-order valence-electron chi connectivity index (χ4n) is 2.04. The van der Waals surface area contributed by atoms with Crippen LogP contribution in [0.15, 0.2) is 12.1 Å². The Morgan fingerprint density at radius 3 is 2.40 bits per heavy atom. The summed E-state index contributed by atoms with van der Waals surface area (Å²) in [5.74, 6) is -2.57. The van der Waals surface area contributed by atoms with Gasteiger partial charge in [-0.3, -0.25) is 0 Å². The first-order chi connectivity index (χ1) is 9.34. The number of carbonyl (C=O) groups is 2. The molecule has 0 saturated heterocycles. The maximum absolute atomic E-state index is 13.6. The number of carboxylic acids is 1. The Balaban J connectivity index is 2.09. The lowest BCUT2D eigenvalue weighted by atomic mass is 9.77. The van der Waals surface area contributed by atoms with Gasteiger partial charge < -0.3 is 15.7 Å². The highest BCUT2D eigenvalue weighted by atomic mass is 19.1. The predicted molar refractivity (Wildman–Crippen MR) is 67.5 cm³/mol. The van der Waals surface area contributed by atoms with Crippen LogP contribution in [0.2, 0.25) is 0 Å². The molecule has 1 aromatic carbocycles. The first-order valence-corrected chi connectivity index (χ1v) is 6.12. The van der Waals surface area contributed by atoms with E-state index in [2.05, 4.69) is 10.6 Å². The Morgan fingerprint density at radius 1 is 1.25 bits per heavy atom. The summed E-state index contributed by atoms with van der Waals surface area (Å²) in [4.78, 5) is 22.8. The summed E-state index contributed by atoms with van der Waals surface area (Å²) >= 11 is 0. The fraction of sp³-hybridized carbons (Fsp3) is 0.385. The Kier molecular flexibility index (Phi) is 3.61. The molecule has 0 atom stereocenters. The first-order valence-electron chi connectivity index (χ1n) is 6.12. The molecule has 1 aliphatic carbocycles. The van der Waals surface area contributed by atoms with E-state index in [-0.39, 0.29) is 11.3 Å². The van der Waals surface area contributed by atoms with Gasteiger partial charge in [0.15, 0.2) is 0 Å². The Labute approximate surface area is 114 Å². The minimum absolute atomic E-state index is 0.120. The lowest BCUT2D eigenvalue weighted by molar-refractivity contribution is -0.148. The van der Waals surface area contributed by atoms with Crippen LogP contribution < -0.4 is 10.6 Å². The van der Waals surface area contributed by atoms with Crippen molar-refractivity contribution in [3.05, 3.63) is 29.3 Å². The van der Waals surface area contributed by atoms with Crippen LogP contribution in [0.3, 0.4) is 0 Å². The molecule has 0 heterocycles. The van der Waals surface area contributed by atoms with Crippen LogP contribution in [-0.4, -0.2) is 22.6 Å². The van der Waals surface area contributed by atoms with Crippen molar-refractivity contribution < 1.29 is 23.5 Å². The van der Waals surface area contributed by atoms with Gasteiger partial charge in [0.05, 0.1) is 5.69 Å². The van der Waals surface area contributed by atoms with Gasteiger partial charge in [-0.05, 0) is 37.8 Å².